The van der Waals surface area contributed by atoms with Crippen molar-refractivity contribution in [3.63, 3.8) is 0 Å². The van der Waals surface area contributed by atoms with Crippen LogP contribution in [-0.4, -0.2) is 39.4 Å². The number of fused-ring (bicyclic) bond motifs is 1. The molecule has 0 aliphatic carbocycles. The maximum absolute atomic E-state index is 5.51. The van der Waals surface area contributed by atoms with E-state index in [-0.39, 0.29) is 0 Å². The zero-order valence-corrected chi connectivity index (χ0v) is 13.4. The van der Waals surface area contributed by atoms with Gasteiger partial charge in [0.15, 0.2) is 0 Å². The van der Waals surface area contributed by atoms with Gasteiger partial charge < -0.3 is 20.1 Å². The van der Waals surface area contributed by atoms with E-state index in [9.17, 15) is 0 Å². The van der Waals surface area contributed by atoms with Gasteiger partial charge in [-0.05, 0) is 42.5 Å². The lowest BCUT2D eigenvalue weighted by Crippen LogP contribution is -2.15. The highest BCUT2D eigenvalue weighted by atomic mass is 16.5. The summed E-state index contributed by atoms with van der Waals surface area (Å²) in [6.45, 7) is 1.66. The summed E-state index contributed by atoms with van der Waals surface area (Å²) < 4.78 is 11.0. The van der Waals surface area contributed by atoms with Gasteiger partial charge in [0.25, 0.3) is 0 Å². The number of aromatic nitrogens is 1. The maximum atomic E-state index is 5.51. The van der Waals surface area contributed by atoms with Crippen molar-refractivity contribution in [1.82, 2.24) is 4.98 Å². The Hall–Kier alpha value is -2.01. The number of rotatable bonds is 4. The van der Waals surface area contributed by atoms with Gasteiger partial charge in [0, 0.05) is 32.7 Å². The van der Waals surface area contributed by atoms with Crippen molar-refractivity contribution < 1.29 is 9.47 Å². The molecule has 2 heterocycles. The van der Waals surface area contributed by atoms with Crippen LogP contribution in [0.25, 0.3) is 10.9 Å². The Morgan fingerprint density at radius 2 is 1.91 bits per heavy atom. The van der Waals surface area contributed by atoms with Crippen LogP contribution < -0.4 is 15.4 Å². The van der Waals surface area contributed by atoms with Crippen molar-refractivity contribution in [2.45, 2.75) is 18.8 Å². The standard InChI is InChI=1S/C17H23N3O2/c1-18-15-10-14-13(8-16(15)21-3)12(9-17(19-2)20-14)11-4-6-22-7-5-11/h8-11,18H,4-7H2,1-3H3,(H,19,20). The number of nitrogens with one attached hydrogen (secondary N) is 2. The van der Waals surface area contributed by atoms with Gasteiger partial charge in [-0.25, -0.2) is 4.98 Å². The lowest BCUT2D eigenvalue weighted by molar-refractivity contribution is 0.0856. The van der Waals surface area contributed by atoms with E-state index < -0.39 is 0 Å². The molecule has 1 aliphatic rings. The van der Waals surface area contributed by atoms with Gasteiger partial charge in [0.05, 0.1) is 18.3 Å². The molecule has 1 aromatic heterocycles. The van der Waals surface area contributed by atoms with Crippen LogP contribution in [0.4, 0.5) is 11.5 Å². The van der Waals surface area contributed by atoms with Gasteiger partial charge in [-0.1, -0.05) is 0 Å². The van der Waals surface area contributed by atoms with E-state index in [0.29, 0.717) is 5.92 Å². The molecule has 0 saturated carbocycles. The molecule has 0 unspecified atom stereocenters. The number of hydrogen-bond donors (Lipinski definition) is 2. The first-order valence-electron chi connectivity index (χ1n) is 7.72. The highest BCUT2D eigenvalue weighted by molar-refractivity contribution is 5.90. The van der Waals surface area contributed by atoms with Crippen LogP contribution in [0.5, 0.6) is 5.75 Å². The average Bonchev–Trinajstić information content (AvgIpc) is 2.60. The van der Waals surface area contributed by atoms with Gasteiger partial charge in [-0.3, -0.25) is 0 Å². The summed E-state index contributed by atoms with van der Waals surface area (Å²) in [4.78, 5) is 4.70. The molecule has 0 spiro atoms. The summed E-state index contributed by atoms with van der Waals surface area (Å²) in [5.74, 6) is 2.26. The van der Waals surface area contributed by atoms with Crippen molar-refractivity contribution in [2.75, 3.05) is 45.1 Å². The first-order valence-corrected chi connectivity index (χ1v) is 7.72. The number of ether oxygens (including phenoxy) is 2. The zero-order valence-electron chi connectivity index (χ0n) is 13.4. The minimum absolute atomic E-state index is 0.511. The van der Waals surface area contributed by atoms with Gasteiger partial charge in [0.2, 0.25) is 0 Å². The summed E-state index contributed by atoms with van der Waals surface area (Å²) in [6.07, 6.45) is 2.11. The molecule has 2 N–H and O–H groups in total. The number of hydrogen-bond acceptors (Lipinski definition) is 5. The molecule has 0 bridgehead atoms. The quantitative estimate of drug-likeness (QED) is 0.908. The van der Waals surface area contributed by atoms with Crippen LogP contribution in [0.1, 0.15) is 24.3 Å². The van der Waals surface area contributed by atoms with Crippen LogP contribution in [0.2, 0.25) is 0 Å². The summed E-state index contributed by atoms with van der Waals surface area (Å²) in [5, 5.41) is 7.51. The molecule has 0 amide bonds. The van der Waals surface area contributed by atoms with Crippen molar-refractivity contribution in [3.05, 3.63) is 23.8 Å². The fraction of sp³-hybridized carbons (Fsp3) is 0.471. The van der Waals surface area contributed by atoms with Gasteiger partial charge in [-0.15, -0.1) is 0 Å². The SMILES string of the molecule is CNc1cc(C2CCOCC2)c2cc(OC)c(NC)cc2n1. The van der Waals surface area contributed by atoms with Gasteiger partial charge >= 0.3 is 0 Å². The Balaban J connectivity index is 2.19. The molecular weight excluding hydrogens is 278 g/mol. The topological polar surface area (TPSA) is 55.4 Å². The number of nitrogens with zero attached hydrogens (tertiary/aromatic N) is 1. The largest absolute Gasteiger partial charge is 0.495 e. The van der Waals surface area contributed by atoms with Crippen molar-refractivity contribution in [1.29, 1.82) is 0 Å². The van der Waals surface area contributed by atoms with Crippen molar-refractivity contribution in [2.24, 2.45) is 0 Å². The average molecular weight is 301 g/mol. The van der Waals surface area contributed by atoms with Crippen molar-refractivity contribution in [3.8, 4) is 5.75 Å². The smallest absolute Gasteiger partial charge is 0.142 e. The third-order valence-corrected chi connectivity index (χ3v) is 4.35. The molecule has 22 heavy (non-hydrogen) atoms. The van der Waals surface area contributed by atoms with Crippen LogP contribution in [0.15, 0.2) is 18.2 Å². The summed E-state index contributed by atoms with van der Waals surface area (Å²) in [5.41, 5.74) is 3.27. The van der Waals surface area contributed by atoms with E-state index >= 15 is 0 Å². The van der Waals surface area contributed by atoms with Gasteiger partial charge in [-0.2, -0.15) is 0 Å². The molecule has 1 aliphatic heterocycles. The summed E-state index contributed by atoms with van der Waals surface area (Å²) >= 11 is 0. The molecule has 5 heteroatoms. The molecule has 5 nitrogen and oxygen atoms in total. The summed E-state index contributed by atoms with van der Waals surface area (Å²) in [6, 6.07) is 6.31. The van der Waals surface area contributed by atoms with E-state index in [1.807, 2.05) is 14.1 Å². The van der Waals surface area contributed by atoms with E-state index in [1.54, 1.807) is 7.11 Å². The molecular formula is C17H23N3O2. The lowest BCUT2D eigenvalue weighted by Gasteiger charge is -2.24. The number of methoxy groups -OCH3 is 1. The Kier molecular flexibility index (Phi) is 4.34. The van der Waals surface area contributed by atoms with E-state index in [0.717, 1.165) is 48.8 Å². The predicted molar refractivity (Wildman–Crippen MR) is 90.2 cm³/mol. The Labute approximate surface area is 131 Å². The van der Waals surface area contributed by atoms with E-state index in [4.69, 9.17) is 14.5 Å². The Morgan fingerprint density at radius 1 is 1.14 bits per heavy atom. The van der Waals surface area contributed by atoms with Crippen LogP contribution in [0, 0.1) is 0 Å². The van der Waals surface area contributed by atoms with Crippen LogP contribution in [0.3, 0.4) is 0 Å². The normalized spacial score (nSPS) is 15.8. The predicted octanol–water partition coefficient (Wildman–Crippen LogP) is 3.22. The number of benzene rings is 1. The Morgan fingerprint density at radius 3 is 2.55 bits per heavy atom. The molecule has 0 radical (unpaired) electrons. The number of anilines is 2. The second kappa shape index (κ2) is 6.40. The fourth-order valence-electron chi connectivity index (χ4n) is 3.12. The lowest BCUT2D eigenvalue weighted by atomic mass is 9.89. The first-order chi connectivity index (χ1) is 10.8. The first kappa shape index (κ1) is 14.9. The second-order valence-corrected chi connectivity index (χ2v) is 5.55. The highest BCUT2D eigenvalue weighted by Gasteiger charge is 2.20. The van der Waals surface area contributed by atoms with Crippen LogP contribution >= 0.6 is 0 Å². The molecule has 1 fully saturated rings. The number of pyridine rings is 1. The molecule has 3 rings (SSSR count). The molecule has 2 aromatic rings. The van der Waals surface area contributed by atoms with E-state index in [1.165, 1.54) is 10.9 Å². The molecule has 118 valence electrons. The zero-order chi connectivity index (χ0) is 15.5. The highest BCUT2D eigenvalue weighted by Crippen LogP contribution is 2.37. The monoisotopic (exact) mass is 301 g/mol. The minimum atomic E-state index is 0.511. The molecule has 1 saturated heterocycles. The van der Waals surface area contributed by atoms with Crippen molar-refractivity contribution >= 4 is 22.4 Å². The fourth-order valence-corrected chi connectivity index (χ4v) is 3.12. The maximum Gasteiger partial charge on any atom is 0.142 e. The van der Waals surface area contributed by atoms with Crippen LogP contribution in [-0.2, 0) is 4.74 Å². The van der Waals surface area contributed by atoms with Gasteiger partial charge in [0.1, 0.15) is 11.6 Å². The molecule has 0 atom stereocenters. The van der Waals surface area contributed by atoms with E-state index in [2.05, 4.69) is 28.8 Å². The third kappa shape index (κ3) is 2.68. The second-order valence-electron chi connectivity index (χ2n) is 5.55. The molecule has 1 aromatic carbocycles. The summed E-state index contributed by atoms with van der Waals surface area (Å²) in [7, 11) is 5.50. The third-order valence-electron chi connectivity index (χ3n) is 4.35. The Bertz CT molecular complexity index is 666. The minimum Gasteiger partial charge on any atom is -0.495 e.